The summed E-state index contributed by atoms with van der Waals surface area (Å²) in [6, 6.07) is 99.9. The summed E-state index contributed by atoms with van der Waals surface area (Å²) >= 11 is 0. The minimum absolute atomic E-state index is 0.0584. The van der Waals surface area contributed by atoms with Gasteiger partial charge in [0.25, 0.3) is 6.71 Å². The zero-order valence-corrected chi connectivity index (χ0v) is 71.1. The molecule has 2 aromatic heterocycles. The van der Waals surface area contributed by atoms with Crippen LogP contribution in [-0.4, -0.2) is 15.8 Å². The molecule has 2 aliphatic heterocycles. The van der Waals surface area contributed by atoms with E-state index >= 15 is 0 Å². The van der Waals surface area contributed by atoms with Crippen LogP contribution in [0.25, 0.3) is 99.5 Å². The van der Waals surface area contributed by atoms with Crippen LogP contribution in [0.3, 0.4) is 0 Å². The van der Waals surface area contributed by atoms with E-state index in [1.807, 2.05) is 0 Å². The maximum Gasteiger partial charge on any atom is 0.252 e. The molecule has 0 atom stereocenters. The molecule has 17 rings (SSSR count). The van der Waals surface area contributed by atoms with Crippen molar-refractivity contribution < 1.29 is 0 Å². The second kappa shape index (κ2) is 26.4. The van der Waals surface area contributed by atoms with Crippen LogP contribution >= 0.6 is 0 Å². The third-order valence-corrected chi connectivity index (χ3v) is 25.0. The first-order chi connectivity index (χ1) is 53.3. The van der Waals surface area contributed by atoms with E-state index in [2.05, 4.69) is 433 Å². The maximum absolute atomic E-state index is 2.76. The first-order valence-electron chi connectivity index (χ1n) is 41.2. The number of aromatic nitrogens is 2. The van der Waals surface area contributed by atoms with Gasteiger partial charge in [-0.15, -0.1) is 0 Å². The summed E-state index contributed by atoms with van der Waals surface area (Å²) in [4.78, 5) is 5.51. The van der Waals surface area contributed by atoms with Crippen LogP contribution in [-0.2, 0) is 37.9 Å². The van der Waals surface area contributed by atoms with Gasteiger partial charge >= 0.3 is 0 Å². The molecular formula is C108H111BN4. The fourth-order valence-electron chi connectivity index (χ4n) is 18.2. The highest BCUT2D eigenvalue weighted by atomic mass is 15.2. The van der Waals surface area contributed by atoms with E-state index in [0.717, 1.165) is 22.7 Å². The standard InChI is InChI=1S/C108H111BN4/c1-66-89(110-93-50-42-76(104(9,10)11)60-83(93)84-61-77(105(12,13)14)43-51-94(84)110)54-46-87-100(66)112(91-48-40-74(102(3,4)5)58-81(91)72-38-30-36-70(56-72)68-32-26-24-27-33-68)97-64-80(108(21,22)23)65-98-99(97)109(87)88-47-55-90(111-95-52-44-78(106(15,16)17)62-85(95)86-63-79(107(18,19)20)45-53-96(86)111)67(2)101(88)113(98)92-49-41-75(103(6,7)8)59-82(92)73-39-31-37-71(57-73)69-34-28-25-29-35-69/h24-65H,1-23H3. The zero-order valence-electron chi connectivity index (χ0n) is 71.1. The number of rotatable bonds is 8. The van der Waals surface area contributed by atoms with Crippen molar-refractivity contribution in [1.82, 2.24) is 9.13 Å². The summed E-state index contributed by atoms with van der Waals surface area (Å²) in [5, 5.41) is 5.10. The van der Waals surface area contributed by atoms with Crippen molar-refractivity contribution in [2.24, 2.45) is 0 Å². The van der Waals surface area contributed by atoms with Crippen LogP contribution in [0.15, 0.2) is 255 Å². The molecule has 15 aromatic rings. The smallest absolute Gasteiger partial charge is 0.252 e. The first kappa shape index (κ1) is 74.8. The summed E-state index contributed by atoms with van der Waals surface area (Å²) < 4.78 is 5.22. The van der Waals surface area contributed by atoms with Gasteiger partial charge in [0.2, 0.25) is 0 Å². The molecule has 113 heavy (non-hydrogen) atoms. The third-order valence-electron chi connectivity index (χ3n) is 25.0. The van der Waals surface area contributed by atoms with Gasteiger partial charge in [-0.3, -0.25) is 0 Å². The Morgan fingerprint density at radius 1 is 0.221 bits per heavy atom. The molecule has 0 saturated heterocycles. The Hall–Kier alpha value is -10.9. The molecule has 0 amide bonds. The van der Waals surface area contributed by atoms with Gasteiger partial charge in [-0.1, -0.05) is 291 Å². The lowest BCUT2D eigenvalue weighted by molar-refractivity contribution is 0.590. The molecule has 0 bridgehead atoms. The topological polar surface area (TPSA) is 16.3 Å². The third kappa shape index (κ3) is 12.8. The van der Waals surface area contributed by atoms with Gasteiger partial charge in [0.05, 0.1) is 44.8 Å². The van der Waals surface area contributed by atoms with Gasteiger partial charge in [-0.05, 0) is 261 Å². The largest absolute Gasteiger partial charge is 0.310 e. The van der Waals surface area contributed by atoms with Crippen molar-refractivity contribution in [3.05, 3.63) is 305 Å². The molecule has 5 heteroatoms. The molecule has 0 unspecified atom stereocenters. The minimum atomic E-state index is -0.319. The van der Waals surface area contributed by atoms with E-state index in [9.17, 15) is 0 Å². The molecular weight excluding hydrogens is 1360 g/mol. The first-order valence-corrected chi connectivity index (χ1v) is 41.2. The zero-order chi connectivity index (χ0) is 79.9. The minimum Gasteiger partial charge on any atom is -0.310 e. The molecule has 0 radical (unpaired) electrons. The molecule has 0 N–H and O–H groups in total. The van der Waals surface area contributed by atoms with Crippen molar-refractivity contribution >= 4 is 101 Å². The van der Waals surface area contributed by atoms with Crippen LogP contribution in [0.1, 0.15) is 195 Å². The van der Waals surface area contributed by atoms with Gasteiger partial charge < -0.3 is 18.9 Å². The van der Waals surface area contributed by atoms with Crippen molar-refractivity contribution in [3.8, 4) is 55.9 Å². The second-order valence-corrected chi connectivity index (χ2v) is 40.0. The summed E-state index contributed by atoms with van der Waals surface area (Å²) in [6.45, 7) is 54.2. The monoisotopic (exact) mass is 1470 g/mol. The molecule has 4 heterocycles. The predicted molar refractivity (Wildman–Crippen MR) is 491 cm³/mol. The summed E-state index contributed by atoms with van der Waals surface area (Å²) in [6.07, 6.45) is 0. The quantitative estimate of drug-likeness (QED) is 0.141. The average Bonchev–Trinajstić information content (AvgIpc) is 0.999. The number of anilines is 6. The van der Waals surface area contributed by atoms with Crippen LogP contribution in [0.5, 0.6) is 0 Å². The number of benzene rings is 13. The Morgan fingerprint density at radius 3 is 0.805 bits per heavy atom. The highest BCUT2D eigenvalue weighted by Gasteiger charge is 2.47. The average molecular weight is 1480 g/mol. The van der Waals surface area contributed by atoms with E-state index < -0.39 is 0 Å². The second-order valence-electron chi connectivity index (χ2n) is 40.0. The molecule has 0 fully saturated rings. The maximum atomic E-state index is 2.76. The summed E-state index contributed by atoms with van der Waals surface area (Å²) in [7, 11) is 0. The van der Waals surface area contributed by atoms with Crippen LogP contribution in [0.4, 0.5) is 34.1 Å². The van der Waals surface area contributed by atoms with Crippen molar-refractivity contribution in [2.75, 3.05) is 9.80 Å². The lowest BCUT2D eigenvalue weighted by atomic mass is 9.33. The summed E-state index contributed by atoms with van der Waals surface area (Å²) in [5.41, 5.74) is 38.1. The van der Waals surface area contributed by atoms with E-state index in [1.165, 1.54) is 177 Å². The number of hydrogen-bond acceptors (Lipinski definition) is 2. The van der Waals surface area contributed by atoms with Gasteiger partial charge in [0.15, 0.2) is 0 Å². The Kier molecular flexibility index (Phi) is 17.5. The molecule has 13 aromatic carbocycles. The van der Waals surface area contributed by atoms with Crippen molar-refractivity contribution in [2.45, 2.75) is 197 Å². The Morgan fingerprint density at radius 2 is 0.496 bits per heavy atom. The fraction of sp³-hybridized carbons (Fsp3) is 0.278. The van der Waals surface area contributed by atoms with Gasteiger partial charge in [-0.2, -0.15) is 0 Å². The van der Waals surface area contributed by atoms with E-state index in [0.29, 0.717) is 0 Å². The number of hydrogen-bond donors (Lipinski definition) is 0. The molecule has 566 valence electrons. The normalized spacial score (nSPS) is 13.6. The van der Waals surface area contributed by atoms with Gasteiger partial charge in [0.1, 0.15) is 0 Å². The lowest BCUT2D eigenvalue weighted by Gasteiger charge is -2.47. The van der Waals surface area contributed by atoms with E-state index in [4.69, 9.17) is 0 Å². The van der Waals surface area contributed by atoms with Crippen LogP contribution < -0.4 is 26.2 Å². The van der Waals surface area contributed by atoms with E-state index in [1.54, 1.807) is 0 Å². The number of nitrogens with zero attached hydrogens (tertiary/aromatic N) is 4. The van der Waals surface area contributed by atoms with Crippen LogP contribution in [0.2, 0.25) is 0 Å². The van der Waals surface area contributed by atoms with E-state index in [-0.39, 0.29) is 44.6 Å². The molecule has 0 aliphatic carbocycles. The molecule has 2 aliphatic rings. The molecule has 4 nitrogen and oxygen atoms in total. The predicted octanol–water partition coefficient (Wildman–Crippen LogP) is 28.3. The Labute approximate surface area is 673 Å². The van der Waals surface area contributed by atoms with Crippen molar-refractivity contribution in [3.63, 3.8) is 0 Å². The highest BCUT2D eigenvalue weighted by molar-refractivity contribution is 7.00. The molecule has 0 saturated carbocycles. The van der Waals surface area contributed by atoms with Crippen molar-refractivity contribution in [1.29, 1.82) is 0 Å². The summed E-state index contributed by atoms with van der Waals surface area (Å²) in [5.74, 6) is 0. The number of fused-ring (bicyclic) bond motifs is 10. The fourth-order valence-corrected chi connectivity index (χ4v) is 18.2. The van der Waals surface area contributed by atoms with Gasteiger partial charge in [0, 0.05) is 55.4 Å². The van der Waals surface area contributed by atoms with Crippen LogP contribution in [0, 0.1) is 13.8 Å². The highest BCUT2D eigenvalue weighted by Crippen LogP contribution is 2.55. The Balaban J connectivity index is 1.04. The Bertz CT molecular complexity index is 5840. The van der Waals surface area contributed by atoms with Gasteiger partial charge in [-0.25, -0.2) is 0 Å². The SMILES string of the molecule is Cc1c(-n2c3ccc(C(C)(C)C)cc3c3cc(C(C)(C)C)ccc32)ccc2c1N(c1ccc(C(C)(C)C)cc1-c1cccc(-c3ccccc3)c1)c1cc(C(C)(C)C)cc3c1B2c1ccc(-n2c4ccc(C(C)(C)C)cc4c4cc(C(C)(C)C)ccc42)c(C)c1N3c1ccc(C(C)(C)C)cc1-c1cccc(-c2ccccc2)c1. The lowest BCUT2D eigenvalue weighted by Crippen LogP contribution is -2.62. The molecule has 0 spiro atoms.